The van der Waals surface area contributed by atoms with Crippen LogP contribution in [0.2, 0.25) is 0 Å². The molecule has 1 radical (unpaired) electrons. The topological polar surface area (TPSA) is 142 Å². The first kappa shape index (κ1) is 32.3. The standard InChI is InChI=1S/2C16H12N2O2.Cr.Na/c2*19-14-8-4-3-7-13(14)17-18-16-12-6-2-1-5-11(12)9-10-15(16)20;;/h2*1-10,19-20H;;/q;;+3;+1/p-4. The van der Waals surface area contributed by atoms with Crippen molar-refractivity contribution in [2.75, 3.05) is 0 Å². The predicted octanol–water partition coefficient (Wildman–Crippen LogP) is 3.81. The molecule has 6 aromatic rings. The third kappa shape index (κ3) is 7.53. The zero-order valence-electron chi connectivity index (χ0n) is 22.4. The van der Waals surface area contributed by atoms with Crippen LogP contribution in [-0.2, 0) is 17.4 Å². The van der Waals surface area contributed by atoms with Gasteiger partial charge in [-0.2, -0.15) is 20.5 Å². The quantitative estimate of drug-likeness (QED) is 0.224. The fourth-order valence-corrected chi connectivity index (χ4v) is 3.96. The maximum absolute atomic E-state index is 11.9. The van der Waals surface area contributed by atoms with E-state index >= 15 is 0 Å². The molecule has 0 aliphatic carbocycles. The van der Waals surface area contributed by atoms with Gasteiger partial charge in [0.15, 0.2) is 0 Å². The molecule has 8 nitrogen and oxygen atoms in total. The molecule has 10 heteroatoms. The van der Waals surface area contributed by atoms with Crippen LogP contribution in [-0.4, -0.2) is 0 Å². The Bertz CT molecular complexity index is 1750. The monoisotopic (exact) mass is 599 g/mol. The third-order valence-electron chi connectivity index (χ3n) is 5.97. The molecule has 0 bridgehead atoms. The zero-order chi connectivity index (χ0) is 27.9. The van der Waals surface area contributed by atoms with Crippen molar-refractivity contribution in [3.63, 3.8) is 0 Å². The van der Waals surface area contributed by atoms with E-state index in [1.54, 1.807) is 48.5 Å². The number of azo groups is 2. The summed E-state index contributed by atoms with van der Waals surface area (Å²) >= 11 is 0. The molecule has 0 aliphatic rings. The van der Waals surface area contributed by atoms with Crippen molar-refractivity contribution >= 4 is 44.3 Å². The fourth-order valence-electron chi connectivity index (χ4n) is 3.96. The molecule has 0 unspecified atom stereocenters. The molecule has 199 valence electrons. The Morgan fingerprint density at radius 3 is 1.12 bits per heavy atom. The number of hydrogen-bond donors (Lipinski definition) is 0. The van der Waals surface area contributed by atoms with Crippen LogP contribution >= 0.6 is 0 Å². The molecule has 0 aliphatic heterocycles. The molecule has 0 N–H and O–H groups in total. The molecule has 0 aromatic heterocycles. The van der Waals surface area contributed by atoms with Gasteiger partial charge in [-0.25, -0.2) is 0 Å². The summed E-state index contributed by atoms with van der Waals surface area (Å²) in [6.45, 7) is 0. The second-order valence-corrected chi connectivity index (χ2v) is 8.60. The van der Waals surface area contributed by atoms with E-state index in [9.17, 15) is 20.4 Å². The van der Waals surface area contributed by atoms with Crippen LogP contribution in [0.15, 0.2) is 142 Å². The van der Waals surface area contributed by atoms with Crippen molar-refractivity contribution in [2.45, 2.75) is 0 Å². The summed E-state index contributed by atoms with van der Waals surface area (Å²) in [5.41, 5.74) is 0.956. The van der Waals surface area contributed by atoms with Crippen molar-refractivity contribution in [1.82, 2.24) is 0 Å². The van der Waals surface area contributed by atoms with Gasteiger partial charge in [0.2, 0.25) is 0 Å². The number of nitrogens with zero attached hydrogens (tertiary/aromatic N) is 4. The number of hydrogen-bond acceptors (Lipinski definition) is 8. The minimum absolute atomic E-state index is 0. The van der Waals surface area contributed by atoms with Gasteiger partial charge >= 0.3 is 46.9 Å². The Morgan fingerprint density at radius 2 is 0.714 bits per heavy atom. The zero-order valence-corrected chi connectivity index (χ0v) is 25.7. The molecule has 0 heterocycles. The van der Waals surface area contributed by atoms with Crippen LogP contribution in [0.4, 0.5) is 22.7 Å². The summed E-state index contributed by atoms with van der Waals surface area (Å²) < 4.78 is 0. The Kier molecular flexibility index (Phi) is 11.6. The Labute approximate surface area is 274 Å². The average Bonchev–Trinajstić information content (AvgIpc) is 2.98. The molecule has 0 atom stereocenters. The van der Waals surface area contributed by atoms with E-state index in [2.05, 4.69) is 20.5 Å². The van der Waals surface area contributed by atoms with Gasteiger partial charge in [-0.05, 0) is 22.9 Å². The van der Waals surface area contributed by atoms with Crippen LogP contribution in [0.1, 0.15) is 0 Å². The molecule has 0 spiro atoms. The first-order valence-electron chi connectivity index (χ1n) is 12.2. The Morgan fingerprint density at radius 1 is 0.357 bits per heavy atom. The second-order valence-electron chi connectivity index (χ2n) is 8.60. The van der Waals surface area contributed by atoms with Crippen molar-refractivity contribution in [1.29, 1.82) is 0 Å². The van der Waals surface area contributed by atoms with Crippen molar-refractivity contribution < 1.29 is 67.3 Å². The molecular formula is C32H20CrN4NaO4. The molecule has 42 heavy (non-hydrogen) atoms. The van der Waals surface area contributed by atoms with Crippen molar-refractivity contribution in [2.24, 2.45) is 20.5 Å². The van der Waals surface area contributed by atoms with Gasteiger partial charge in [-0.1, -0.05) is 132 Å². The van der Waals surface area contributed by atoms with Gasteiger partial charge in [0, 0.05) is 10.8 Å². The molecular weight excluding hydrogens is 579 g/mol. The smallest absolute Gasteiger partial charge is 0.871 e. The normalized spacial score (nSPS) is 10.7. The first-order valence-corrected chi connectivity index (χ1v) is 12.2. The summed E-state index contributed by atoms with van der Waals surface area (Å²) in [6.07, 6.45) is 0. The number of rotatable bonds is 4. The molecule has 0 saturated heterocycles. The van der Waals surface area contributed by atoms with Gasteiger partial charge in [0.25, 0.3) is 0 Å². The molecule has 0 saturated carbocycles. The van der Waals surface area contributed by atoms with Crippen LogP contribution < -0.4 is 50.0 Å². The van der Waals surface area contributed by atoms with Crippen molar-refractivity contribution in [3.05, 3.63) is 121 Å². The summed E-state index contributed by atoms with van der Waals surface area (Å²) in [5.74, 6) is -0.862. The van der Waals surface area contributed by atoms with E-state index in [4.69, 9.17) is 0 Å². The van der Waals surface area contributed by atoms with Gasteiger partial charge in [-0.3, -0.25) is 0 Å². The molecule has 6 aromatic carbocycles. The van der Waals surface area contributed by atoms with Gasteiger partial charge in [-0.15, -0.1) is 0 Å². The van der Waals surface area contributed by atoms with Gasteiger partial charge in [0.05, 0.1) is 22.7 Å². The molecule has 0 fully saturated rings. The predicted molar refractivity (Wildman–Crippen MR) is 147 cm³/mol. The van der Waals surface area contributed by atoms with E-state index < -0.39 is 0 Å². The average molecular weight is 600 g/mol. The Balaban J connectivity index is 0.000000220. The summed E-state index contributed by atoms with van der Waals surface area (Å²) in [7, 11) is 0. The van der Waals surface area contributed by atoms with Crippen LogP contribution in [0.25, 0.3) is 21.5 Å². The van der Waals surface area contributed by atoms with E-state index in [1.165, 1.54) is 24.3 Å². The summed E-state index contributed by atoms with van der Waals surface area (Å²) in [6, 6.07) is 33.9. The largest absolute Gasteiger partial charge is 3.00 e. The van der Waals surface area contributed by atoms with E-state index in [0.29, 0.717) is 0 Å². The summed E-state index contributed by atoms with van der Waals surface area (Å²) in [5, 5.41) is 66.0. The number of fused-ring (bicyclic) bond motifs is 2. The minimum atomic E-state index is -0.219. The fraction of sp³-hybridized carbons (Fsp3) is 0. The molecule has 0 amide bonds. The maximum atomic E-state index is 11.9. The number of para-hydroxylation sites is 2. The van der Waals surface area contributed by atoms with E-state index in [1.807, 2.05) is 48.5 Å². The van der Waals surface area contributed by atoms with E-state index in [0.717, 1.165) is 21.5 Å². The van der Waals surface area contributed by atoms with Crippen LogP contribution in [0, 0.1) is 0 Å². The number of benzene rings is 6. The molecule has 6 rings (SSSR count). The van der Waals surface area contributed by atoms with E-state index in [-0.39, 0.29) is 92.7 Å². The van der Waals surface area contributed by atoms with Crippen LogP contribution in [0.3, 0.4) is 0 Å². The minimum Gasteiger partial charge on any atom is -0.871 e. The summed E-state index contributed by atoms with van der Waals surface area (Å²) in [4.78, 5) is 0. The van der Waals surface area contributed by atoms with Crippen LogP contribution in [0.5, 0.6) is 23.0 Å². The SMILES string of the molecule is [Cr+3].[Na+].[O-]c1ccccc1N=Nc1c([O-])ccc2ccccc12.[O-]c1ccccc1N=Nc1c([O-])ccc2ccccc12. The second kappa shape index (κ2) is 15.1. The third-order valence-corrected chi connectivity index (χ3v) is 5.97. The van der Waals surface area contributed by atoms with Gasteiger partial charge in [0.1, 0.15) is 0 Å². The maximum Gasteiger partial charge on any atom is 3.00 e. The van der Waals surface area contributed by atoms with Gasteiger partial charge < -0.3 is 20.4 Å². The van der Waals surface area contributed by atoms with Crippen molar-refractivity contribution in [3.8, 4) is 23.0 Å². The Hall–Kier alpha value is -4.23. The first-order chi connectivity index (χ1) is 19.5.